The van der Waals surface area contributed by atoms with Gasteiger partial charge in [-0.1, -0.05) is 28.1 Å². The van der Waals surface area contributed by atoms with Gasteiger partial charge in [0.2, 0.25) is 0 Å². The van der Waals surface area contributed by atoms with Gasteiger partial charge in [-0.2, -0.15) is 0 Å². The van der Waals surface area contributed by atoms with Gasteiger partial charge in [0.15, 0.2) is 0 Å². The second kappa shape index (κ2) is 7.36. The van der Waals surface area contributed by atoms with Gasteiger partial charge in [-0.3, -0.25) is 18.7 Å². The summed E-state index contributed by atoms with van der Waals surface area (Å²) in [4.78, 5) is 37.0. The lowest BCUT2D eigenvalue weighted by atomic mass is 10.2. The van der Waals surface area contributed by atoms with Crippen molar-refractivity contribution in [2.75, 3.05) is 7.11 Å². The first-order valence-electron chi connectivity index (χ1n) is 7.79. The van der Waals surface area contributed by atoms with E-state index in [1.54, 1.807) is 12.1 Å². The number of ether oxygens (including phenoxy) is 1. The maximum Gasteiger partial charge on any atom is 0.332 e. The van der Waals surface area contributed by atoms with Crippen molar-refractivity contribution in [2.24, 2.45) is 0 Å². The third-order valence-corrected chi connectivity index (χ3v) is 4.57. The highest BCUT2D eigenvalue weighted by molar-refractivity contribution is 9.10. The summed E-state index contributed by atoms with van der Waals surface area (Å²) in [6, 6.07) is 8.80. The molecule has 0 unspecified atom stereocenters. The zero-order chi connectivity index (χ0) is 19.7. The van der Waals surface area contributed by atoms with Gasteiger partial charge in [-0.25, -0.2) is 9.18 Å². The maximum atomic E-state index is 14.2. The third kappa shape index (κ3) is 3.50. The van der Waals surface area contributed by atoms with Crippen LogP contribution in [0.5, 0.6) is 5.75 Å². The summed E-state index contributed by atoms with van der Waals surface area (Å²) in [5.41, 5.74) is -1.27. The molecule has 0 fully saturated rings. The lowest BCUT2D eigenvalue weighted by Gasteiger charge is -2.15. The summed E-state index contributed by atoms with van der Waals surface area (Å²) in [6.45, 7) is -0.990. The zero-order valence-corrected chi connectivity index (χ0v) is 15.7. The summed E-state index contributed by atoms with van der Waals surface area (Å²) in [7, 11) is 1.36. The molecule has 0 spiro atoms. The van der Waals surface area contributed by atoms with E-state index in [9.17, 15) is 18.8 Å². The Morgan fingerprint density at radius 2 is 1.96 bits per heavy atom. The van der Waals surface area contributed by atoms with Gasteiger partial charge in [0, 0.05) is 10.0 Å². The van der Waals surface area contributed by atoms with Crippen LogP contribution in [-0.2, 0) is 17.9 Å². The molecule has 0 saturated heterocycles. The Bertz CT molecular complexity index is 1170. The molecule has 3 rings (SSSR count). The number of benzene rings is 2. The number of hydrogen-bond acceptors (Lipinski definition) is 4. The van der Waals surface area contributed by atoms with Crippen LogP contribution in [0.3, 0.4) is 0 Å². The van der Waals surface area contributed by atoms with E-state index < -0.39 is 29.6 Å². The van der Waals surface area contributed by atoms with Gasteiger partial charge in [0.25, 0.3) is 5.56 Å². The number of methoxy groups -OCH3 is 1. The van der Waals surface area contributed by atoms with Crippen LogP contribution < -0.4 is 16.0 Å². The molecule has 0 aliphatic rings. The molecule has 9 heteroatoms. The molecular weight excluding hydrogens is 423 g/mol. The number of hydrogen-bond donors (Lipinski definition) is 1. The first-order chi connectivity index (χ1) is 12.8. The number of carboxylic acid groups (broad SMARTS) is 1. The lowest BCUT2D eigenvalue weighted by Crippen LogP contribution is -2.41. The van der Waals surface area contributed by atoms with Crippen molar-refractivity contribution in [3.8, 4) is 5.75 Å². The molecular formula is C18H14BrFN2O5. The highest BCUT2D eigenvalue weighted by Gasteiger charge is 2.19. The van der Waals surface area contributed by atoms with E-state index in [4.69, 9.17) is 9.84 Å². The zero-order valence-electron chi connectivity index (χ0n) is 14.1. The topological polar surface area (TPSA) is 90.5 Å². The lowest BCUT2D eigenvalue weighted by molar-refractivity contribution is -0.137. The predicted octanol–water partition coefficient (Wildman–Crippen LogP) is 2.21. The van der Waals surface area contributed by atoms with Crippen LogP contribution >= 0.6 is 15.9 Å². The number of carboxylic acids is 1. The molecule has 0 saturated carbocycles. The fourth-order valence-electron chi connectivity index (χ4n) is 2.85. The van der Waals surface area contributed by atoms with Crippen LogP contribution in [0, 0.1) is 5.82 Å². The molecule has 0 bridgehead atoms. The molecule has 0 aliphatic heterocycles. The number of nitrogens with zero attached hydrogens (tertiary/aromatic N) is 2. The van der Waals surface area contributed by atoms with Gasteiger partial charge < -0.3 is 9.84 Å². The number of carbonyl (C=O) groups is 1. The van der Waals surface area contributed by atoms with Crippen LogP contribution in [0.25, 0.3) is 10.9 Å². The van der Waals surface area contributed by atoms with E-state index in [-0.39, 0.29) is 28.8 Å². The minimum Gasteiger partial charge on any atom is -0.496 e. The van der Waals surface area contributed by atoms with E-state index in [0.29, 0.717) is 4.47 Å². The second-order valence-electron chi connectivity index (χ2n) is 5.74. The Kier molecular flexibility index (Phi) is 5.13. The first-order valence-corrected chi connectivity index (χ1v) is 8.59. The standard InChI is InChI=1S/C18H14BrFN2O5/c1-27-14-4-2-3-13-16(14)17(25)22(18(26)21(13)9-15(23)24)8-10-5-6-11(19)7-12(10)20/h2-7H,8-9H2,1H3,(H,23,24). The quantitative estimate of drug-likeness (QED) is 0.661. The van der Waals surface area contributed by atoms with Crippen molar-refractivity contribution in [2.45, 2.75) is 13.1 Å². The number of aliphatic carboxylic acids is 1. The molecule has 0 amide bonds. The Hall–Kier alpha value is -2.94. The van der Waals surface area contributed by atoms with Gasteiger partial charge in [0.05, 0.1) is 19.2 Å². The number of aromatic nitrogens is 2. The molecule has 0 atom stereocenters. The van der Waals surface area contributed by atoms with E-state index in [2.05, 4.69) is 15.9 Å². The van der Waals surface area contributed by atoms with Crippen LogP contribution in [0.1, 0.15) is 5.56 Å². The minimum absolute atomic E-state index is 0.0540. The summed E-state index contributed by atoms with van der Waals surface area (Å²) in [5, 5.41) is 9.21. The predicted molar refractivity (Wildman–Crippen MR) is 99.9 cm³/mol. The first kappa shape index (κ1) is 18.8. The van der Waals surface area contributed by atoms with Crippen molar-refractivity contribution in [1.29, 1.82) is 0 Å². The minimum atomic E-state index is -1.25. The summed E-state index contributed by atoms with van der Waals surface area (Å²) >= 11 is 3.14. The van der Waals surface area contributed by atoms with E-state index >= 15 is 0 Å². The van der Waals surface area contributed by atoms with Gasteiger partial charge in [0.1, 0.15) is 23.5 Å². The average molecular weight is 437 g/mol. The fourth-order valence-corrected chi connectivity index (χ4v) is 3.18. The Morgan fingerprint density at radius 1 is 1.22 bits per heavy atom. The van der Waals surface area contributed by atoms with E-state index in [1.807, 2.05) is 0 Å². The van der Waals surface area contributed by atoms with Gasteiger partial charge in [-0.05, 0) is 24.3 Å². The maximum absolute atomic E-state index is 14.2. The molecule has 1 N–H and O–H groups in total. The third-order valence-electron chi connectivity index (χ3n) is 4.07. The van der Waals surface area contributed by atoms with Crippen LogP contribution in [0.2, 0.25) is 0 Å². The Morgan fingerprint density at radius 3 is 2.59 bits per heavy atom. The fraction of sp³-hybridized carbons (Fsp3) is 0.167. The molecule has 27 heavy (non-hydrogen) atoms. The molecule has 2 aromatic carbocycles. The highest BCUT2D eigenvalue weighted by Crippen LogP contribution is 2.21. The summed E-state index contributed by atoms with van der Waals surface area (Å²) < 4.78 is 21.7. The Balaban J connectivity index is 2.33. The van der Waals surface area contributed by atoms with E-state index in [0.717, 1.165) is 9.13 Å². The molecule has 140 valence electrons. The number of halogens is 2. The SMILES string of the molecule is COc1cccc2c1c(=O)n(Cc1ccc(Br)cc1F)c(=O)n2CC(=O)O. The number of rotatable bonds is 5. The van der Waals surface area contributed by atoms with Crippen LogP contribution in [0.15, 0.2) is 50.5 Å². The molecule has 7 nitrogen and oxygen atoms in total. The van der Waals surface area contributed by atoms with E-state index in [1.165, 1.54) is 31.4 Å². The largest absolute Gasteiger partial charge is 0.496 e. The molecule has 1 heterocycles. The second-order valence-corrected chi connectivity index (χ2v) is 6.66. The average Bonchev–Trinajstić information content (AvgIpc) is 2.62. The Labute approximate surface area is 160 Å². The monoisotopic (exact) mass is 436 g/mol. The van der Waals surface area contributed by atoms with Crippen LogP contribution in [-0.4, -0.2) is 27.3 Å². The number of fused-ring (bicyclic) bond motifs is 1. The van der Waals surface area contributed by atoms with Crippen molar-refractivity contribution >= 4 is 32.8 Å². The van der Waals surface area contributed by atoms with Crippen LogP contribution in [0.4, 0.5) is 4.39 Å². The van der Waals surface area contributed by atoms with Crippen molar-refractivity contribution < 1.29 is 19.0 Å². The summed E-state index contributed by atoms with van der Waals surface area (Å²) in [5.74, 6) is -1.65. The highest BCUT2D eigenvalue weighted by atomic mass is 79.9. The van der Waals surface area contributed by atoms with Crippen molar-refractivity contribution in [3.63, 3.8) is 0 Å². The molecule has 0 radical (unpaired) electrons. The van der Waals surface area contributed by atoms with Gasteiger partial charge in [-0.15, -0.1) is 0 Å². The normalized spacial score (nSPS) is 10.9. The molecule has 3 aromatic rings. The van der Waals surface area contributed by atoms with Gasteiger partial charge >= 0.3 is 11.7 Å². The van der Waals surface area contributed by atoms with Crippen molar-refractivity contribution in [3.05, 3.63) is 73.1 Å². The summed E-state index contributed by atoms with van der Waals surface area (Å²) in [6.07, 6.45) is 0. The molecule has 0 aliphatic carbocycles. The van der Waals surface area contributed by atoms with Crippen molar-refractivity contribution in [1.82, 2.24) is 9.13 Å². The smallest absolute Gasteiger partial charge is 0.332 e. The molecule has 1 aromatic heterocycles.